The van der Waals surface area contributed by atoms with Crippen LogP contribution in [0.4, 0.5) is 0 Å². The molecular weight excluding hydrogens is 387 g/mol. The number of nitrogens with zero attached hydrogens (tertiary/aromatic N) is 2. The van der Waals surface area contributed by atoms with E-state index in [2.05, 4.69) is 27.7 Å². The summed E-state index contributed by atoms with van der Waals surface area (Å²) in [5, 5.41) is 3.96. The van der Waals surface area contributed by atoms with E-state index in [4.69, 9.17) is 8.83 Å². The molecule has 1 aromatic carbocycles. The van der Waals surface area contributed by atoms with Crippen molar-refractivity contribution in [1.82, 2.24) is 9.78 Å². The number of furan rings is 1. The fourth-order valence-corrected chi connectivity index (χ4v) is 2.13. The van der Waals surface area contributed by atoms with Gasteiger partial charge < -0.3 is 8.83 Å². The van der Waals surface area contributed by atoms with E-state index in [1.807, 2.05) is 12.1 Å². The van der Waals surface area contributed by atoms with E-state index < -0.39 is 5.76 Å². The SMILES string of the molecule is O=C(Cn1nc(-c2ccco2)oc1=O)c1ccc(I)cc1. The zero-order valence-corrected chi connectivity index (χ0v) is 12.8. The van der Waals surface area contributed by atoms with Crippen LogP contribution in [0.1, 0.15) is 10.4 Å². The van der Waals surface area contributed by atoms with E-state index >= 15 is 0 Å². The number of hydrogen-bond acceptors (Lipinski definition) is 5. The molecule has 0 atom stereocenters. The lowest BCUT2D eigenvalue weighted by molar-refractivity contribution is 0.0965. The van der Waals surface area contributed by atoms with E-state index in [1.165, 1.54) is 6.26 Å². The van der Waals surface area contributed by atoms with Crippen LogP contribution in [0.15, 0.2) is 56.3 Å². The normalized spacial score (nSPS) is 10.7. The Morgan fingerprint density at radius 2 is 2.00 bits per heavy atom. The summed E-state index contributed by atoms with van der Waals surface area (Å²) in [6.07, 6.45) is 1.45. The molecule has 0 aliphatic carbocycles. The molecule has 3 aromatic rings. The summed E-state index contributed by atoms with van der Waals surface area (Å²) < 4.78 is 12.1. The topological polar surface area (TPSA) is 78.2 Å². The maximum Gasteiger partial charge on any atom is 0.437 e. The van der Waals surface area contributed by atoms with E-state index in [1.54, 1.807) is 24.3 Å². The Hall–Kier alpha value is -2.16. The van der Waals surface area contributed by atoms with Crippen LogP contribution in [-0.2, 0) is 6.54 Å². The third-order valence-electron chi connectivity index (χ3n) is 2.80. The standard InChI is InChI=1S/C14H9IN2O4/c15-10-5-3-9(4-6-10)11(18)8-17-14(19)21-13(16-17)12-2-1-7-20-12/h1-7H,8H2. The minimum Gasteiger partial charge on any atom is -0.459 e. The maximum absolute atomic E-state index is 12.1. The summed E-state index contributed by atoms with van der Waals surface area (Å²) in [7, 11) is 0. The Labute approximate surface area is 132 Å². The Morgan fingerprint density at radius 3 is 2.67 bits per heavy atom. The van der Waals surface area contributed by atoms with Crippen molar-refractivity contribution in [2.75, 3.05) is 0 Å². The molecule has 3 rings (SSSR count). The molecule has 0 saturated heterocycles. The number of aromatic nitrogens is 2. The molecule has 0 saturated carbocycles. The number of carbonyl (C=O) groups is 1. The molecule has 2 heterocycles. The third-order valence-corrected chi connectivity index (χ3v) is 3.52. The van der Waals surface area contributed by atoms with Crippen LogP contribution in [-0.4, -0.2) is 15.6 Å². The lowest BCUT2D eigenvalue weighted by atomic mass is 10.1. The summed E-state index contributed by atoms with van der Waals surface area (Å²) in [6, 6.07) is 10.4. The first-order chi connectivity index (χ1) is 10.1. The predicted octanol–water partition coefficient (Wildman–Crippen LogP) is 2.58. The average Bonchev–Trinajstić information content (AvgIpc) is 3.10. The van der Waals surface area contributed by atoms with Gasteiger partial charge in [0.1, 0.15) is 6.54 Å². The van der Waals surface area contributed by atoms with Gasteiger partial charge in [-0.1, -0.05) is 12.1 Å². The molecule has 2 aromatic heterocycles. The van der Waals surface area contributed by atoms with Gasteiger partial charge in [-0.15, -0.1) is 5.10 Å². The van der Waals surface area contributed by atoms with Gasteiger partial charge in [-0.3, -0.25) is 4.79 Å². The largest absolute Gasteiger partial charge is 0.459 e. The molecule has 6 nitrogen and oxygen atoms in total. The molecule has 0 amide bonds. The van der Waals surface area contributed by atoms with Crippen LogP contribution in [0.2, 0.25) is 0 Å². The molecule has 0 fully saturated rings. The zero-order valence-electron chi connectivity index (χ0n) is 10.7. The first-order valence-electron chi connectivity index (χ1n) is 6.04. The fourth-order valence-electron chi connectivity index (χ4n) is 1.77. The molecule has 0 radical (unpaired) electrons. The molecule has 21 heavy (non-hydrogen) atoms. The summed E-state index contributed by atoms with van der Waals surface area (Å²) in [6.45, 7) is -0.177. The molecule has 106 valence electrons. The molecule has 0 unspecified atom stereocenters. The van der Waals surface area contributed by atoms with Gasteiger partial charge in [0.25, 0.3) is 5.89 Å². The van der Waals surface area contributed by atoms with Crippen molar-refractivity contribution in [2.45, 2.75) is 6.54 Å². The highest BCUT2D eigenvalue weighted by Crippen LogP contribution is 2.15. The second kappa shape index (κ2) is 5.68. The van der Waals surface area contributed by atoms with Crippen LogP contribution in [0.25, 0.3) is 11.7 Å². The predicted molar refractivity (Wildman–Crippen MR) is 82.0 cm³/mol. The second-order valence-electron chi connectivity index (χ2n) is 4.24. The highest BCUT2D eigenvalue weighted by Gasteiger charge is 2.15. The first kappa shape index (κ1) is 13.8. The number of rotatable bonds is 4. The zero-order chi connectivity index (χ0) is 14.8. The quantitative estimate of drug-likeness (QED) is 0.501. The summed E-state index contributed by atoms with van der Waals surface area (Å²) >= 11 is 2.15. The molecule has 7 heteroatoms. The summed E-state index contributed by atoms with van der Waals surface area (Å²) in [5.74, 6) is -0.513. The molecule has 0 aliphatic heterocycles. The second-order valence-corrected chi connectivity index (χ2v) is 5.48. The monoisotopic (exact) mass is 396 g/mol. The van der Waals surface area contributed by atoms with Crippen molar-refractivity contribution < 1.29 is 13.6 Å². The van der Waals surface area contributed by atoms with Crippen LogP contribution < -0.4 is 5.76 Å². The Kier molecular flexibility index (Phi) is 3.74. The Bertz CT molecular complexity index is 816. The molecule has 0 aliphatic rings. The van der Waals surface area contributed by atoms with E-state index in [0.717, 1.165) is 8.25 Å². The van der Waals surface area contributed by atoms with E-state index in [0.29, 0.717) is 11.3 Å². The minimum atomic E-state index is -0.694. The number of halogens is 1. The third kappa shape index (κ3) is 2.97. The molecule has 0 N–H and O–H groups in total. The van der Waals surface area contributed by atoms with Crippen molar-refractivity contribution in [3.8, 4) is 11.7 Å². The smallest absolute Gasteiger partial charge is 0.437 e. The maximum atomic E-state index is 12.1. The highest BCUT2D eigenvalue weighted by molar-refractivity contribution is 14.1. The number of Topliss-reactive ketones (excluding diaryl/α,β-unsaturated/α-hetero) is 1. The summed E-state index contributed by atoms with van der Waals surface area (Å²) in [4.78, 5) is 23.8. The van der Waals surface area contributed by atoms with Gasteiger partial charge in [0.05, 0.1) is 6.26 Å². The van der Waals surface area contributed by atoms with Gasteiger partial charge >= 0.3 is 5.76 Å². The average molecular weight is 396 g/mol. The highest BCUT2D eigenvalue weighted by atomic mass is 127. The van der Waals surface area contributed by atoms with E-state index in [9.17, 15) is 9.59 Å². The van der Waals surface area contributed by atoms with Gasteiger partial charge in [0, 0.05) is 9.13 Å². The van der Waals surface area contributed by atoms with Gasteiger partial charge in [0.15, 0.2) is 11.5 Å². The van der Waals surface area contributed by atoms with Crippen molar-refractivity contribution in [2.24, 2.45) is 0 Å². The fraction of sp³-hybridized carbons (Fsp3) is 0.0714. The molecule has 0 spiro atoms. The lowest BCUT2D eigenvalue weighted by Gasteiger charge is -1.99. The van der Waals surface area contributed by atoms with Crippen molar-refractivity contribution in [1.29, 1.82) is 0 Å². The number of benzene rings is 1. The van der Waals surface area contributed by atoms with Crippen molar-refractivity contribution in [3.63, 3.8) is 0 Å². The van der Waals surface area contributed by atoms with Crippen LogP contribution in [0.5, 0.6) is 0 Å². The van der Waals surface area contributed by atoms with Crippen molar-refractivity contribution in [3.05, 3.63) is 62.3 Å². The number of ketones is 1. The number of hydrogen-bond donors (Lipinski definition) is 0. The lowest BCUT2D eigenvalue weighted by Crippen LogP contribution is -2.21. The minimum absolute atomic E-state index is 0.0559. The van der Waals surface area contributed by atoms with Gasteiger partial charge in [-0.2, -0.15) is 4.68 Å². The Morgan fingerprint density at radius 1 is 1.24 bits per heavy atom. The van der Waals surface area contributed by atoms with Gasteiger partial charge in [0.2, 0.25) is 0 Å². The molecule has 0 bridgehead atoms. The molecular formula is C14H9IN2O4. The number of carbonyl (C=O) groups excluding carboxylic acids is 1. The first-order valence-corrected chi connectivity index (χ1v) is 7.12. The van der Waals surface area contributed by atoms with Crippen LogP contribution in [0.3, 0.4) is 0 Å². The van der Waals surface area contributed by atoms with Crippen LogP contribution >= 0.6 is 22.6 Å². The van der Waals surface area contributed by atoms with Gasteiger partial charge in [-0.25, -0.2) is 4.79 Å². The Balaban J connectivity index is 1.83. The van der Waals surface area contributed by atoms with Crippen LogP contribution in [0, 0.1) is 3.57 Å². The summed E-state index contributed by atoms with van der Waals surface area (Å²) in [5.41, 5.74) is 0.518. The van der Waals surface area contributed by atoms with Gasteiger partial charge in [-0.05, 0) is 46.9 Å². The van der Waals surface area contributed by atoms with E-state index in [-0.39, 0.29) is 18.2 Å². The van der Waals surface area contributed by atoms with Crippen molar-refractivity contribution >= 4 is 28.4 Å².